The topological polar surface area (TPSA) is 26.0 Å². The molecule has 0 aliphatic carbocycles. The summed E-state index contributed by atoms with van der Waals surface area (Å²) in [5.41, 5.74) is 7.54. The van der Waals surface area contributed by atoms with Gasteiger partial charge >= 0.3 is 0 Å². The Hall–Kier alpha value is -1.86. The van der Waals surface area contributed by atoms with E-state index in [1.807, 2.05) is 0 Å². The van der Waals surface area contributed by atoms with Crippen molar-refractivity contribution in [2.24, 2.45) is 0 Å². The summed E-state index contributed by atoms with van der Waals surface area (Å²) in [6.07, 6.45) is 10.3. The van der Waals surface area contributed by atoms with E-state index in [2.05, 4.69) is 11.8 Å². The van der Waals surface area contributed by atoms with Gasteiger partial charge in [-0.25, -0.2) is 0 Å². The summed E-state index contributed by atoms with van der Waals surface area (Å²) in [6, 6.07) is 5.19. The Morgan fingerprint density at radius 1 is 1.18 bits per heavy atom. The normalized spacial score (nSPS) is 8.18. The van der Waals surface area contributed by atoms with Crippen LogP contribution in [0.25, 0.3) is 0 Å². The van der Waals surface area contributed by atoms with Crippen molar-refractivity contribution in [2.75, 3.05) is 5.73 Å². The van der Waals surface area contributed by atoms with Crippen LogP contribution in [-0.2, 0) is 0 Å². The smallest absolute Gasteiger partial charge is 0.0484 e. The number of hydrogen-bond donors (Lipinski definition) is 1. The van der Waals surface area contributed by atoms with Gasteiger partial charge in [-0.15, -0.1) is 12.8 Å². The van der Waals surface area contributed by atoms with Gasteiger partial charge < -0.3 is 5.73 Å². The van der Waals surface area contributed by atoms with Crippen LogP contribution in [-0.4, -0.2) is 0 Å². The van der Waals surface area contributed by atoms with Gasteiger partial charge in [0.1, 0.15) is 0 Å². The van der Waals surface area contributed by atoms with Crippen LogP contribution >= 0.6 is 0 Å². The molecule has 0 aromatic heterocycles. The fraction of sp³-hybridized carbons (Fsp3) is 0. The van der Waals surface area contributed by atoms with Crippen LogP contribution in [0.3, 0.4) is 0 Å². The molecule has 0 heterocycles. The van der Waals surface area contributed by atoms with Crippen molar-refractivity contribution in [1.82, 2.24) is 0 Å². The number of anilines is 1. The summed E-state index contributed by atoms with van der Waals surface area (Å²) in [7, 11) is 0. The molecule has 0 unspecified atom stereocenters. The molecule has 1 nitrogen and oxygen atoms in total. The van der Waals surface area contributed by atoms with Gasteiger partial charge in [-0.1, -0.05) is 11.8 Å². The van der Waals surface area contributed by atoms with Crippen LogP contribution in [0.5, 0.6) is 0 Å². The zero-order chi connectivity index (χ0) is 8.27. The second kappa shape index (κ2) is 2.82. The zero-order valence-electron chi connectivity index (χ0n) is 5.96. The number of nitrogens with two attached hydrogens (primary N) is 1. The third kappa shape index (κ3) is 1.34. The van der Waals surface area contributed by atoms with Gasteiger partial charge in [-0.05, 0) is 18.2 Å². The first kappa shape index (κ1) is 7.25. The maximum atomic E-state index is 5.54. The van der Waals surface area contributed by atoms with Gasteiger partial charge in [-0.3, -0.25) is 0 Å². The lowest BCUT2D eigenvalue weighted by molar-refractivity contribution is 1.59. The van der Waals surface area contributed by atoms with E-state index in [4.69, 9.17) is 18.6 Å². The highest BCUT2D eigenvalue weighted by atomic mass is 14.5. The first-order valence-electron chi connectivity index (χ1n) is 3.10. The van der Waals surface area contributed by atoms with E-state index in [0.29, 0.717) is 11.3 Å². The molecular formula is C10H7N. The highest BCUT2D eigenvalue weighted by Crippen LogP contribution is 2.11. The average Bonchev–Trinajstić information content (AvgIpc) is 2.05. The monoisotopic (exact) mass is 141 g/mol. The fourth-order valence-electron chi connectivity index (χ4n) is 0.771. The molecule has 1 aromatic rings. The lowest BCUT2D eigenvalue weighted by Crippen LogP contribution is -1.90. The lowest BCUT2D eigenvalue weighted by atomic mass is 10.1. The molecule has 1 rings (SSSR count). The predicted octanol–water partition coefficient (Wildman–Crippen LogP) is 1.23. The van der Waals surface area contributed by atoms with Gasteiger partial charge in [0, 0.05) is 16.8 Å². The minimum Gasteiger partial charge on any atom is -0.398 e. The van der Waals surface area contributed by atoms with Gasteiger partial charge in [0.2, 0.25) is 0 Å². The Bertz CT molecular complexity index is 350. The molecule has 2 N–H and O–H groups in total. The van der Waals surface area contributed by atoms with Gasteiger partial charge in [0.05, 0.1) is 0 Å². The van der Waals surface area contributed by atoms with E-state index in [1.165, 1.54) is 0 Å². The van der Waals surface area contributed by atoms with Crippen LogP contribution in [0.15, 0.2) is 18.2 Å². The molecule has 1 heteroatoms. The van der Waals surface area contributed by atoms with Gasteiger partial charge in [0.15, 0.2) is 0 Å². The van der Waals surface area contributed by atoms with Gasteiger partial charge in [0.25, 0.3) is 0 Å². The maximum absolute atomic E-state index is 5.54. The zero-order valence-corrected chi connectivity index (χ0v) is 5.96. The molecule has 0 radical (unpaired) electrons. The highest BCUT2D eigenvalue weighted by Gasteiger charge is 1.94. The van der Waals surface area contributed by atoms with Crippen molar-refractivity contribution in [3.05, 3.63) is 29.3 Å². The molecule has 52 valence electrons. The predicted molar refractivity (Wildman–Crippen MR) is 46.7 cm³/mol. The van der Waals surface area contributed by atoms with Crippen molar-refractivity contribution in [2.45, 2.75) is 0 Å². The molecule has 0 aliphatic heterocycles. The first-order valence-corrected chi connectivity index (χ1v) is 3.10. The minimum absolute atomic E-state index is 0.589. The van der Waals surface area contributed by atoms with Gasteiger partial charge in [-0.2, -0.15) is 0 Å². The van der Waals surface area contributed by atoms with Crippen LogP contribution in [0.2, 0.25) is 0 Å². The molecule has 0 fully saturated rings. The van der Waals surface area contributed by atoms with Crippen molar-refractivity contribution in [1.29, 1.82) is 0 Å². The standard InChI is InChI=1S/C10H7N/c1-3-8-5-6-10(11)9(4-2)7-8/h1-2,5-7H,11H2. The molecular weight excluding hydrogens is 134 g/mol. The summed E-state index contributed by atoms with van der Waals surface area (Å²) >= 11 is 0. The Kier molecular flexibility index (Phi) is 1.86. The molecule has 0 aliphatic rings. The van der Waals surface area contributed by atoms with Crippen molar-refractivity contribution < 1.29 is 0 Å². The second-order valence-electron chi connectivity index (χ2n) is 2.09. The Labute approximate surface area is 66.2 Å². The van der Waals surface area contributed by atoms with E-state index in [-0.39, 0.29) is 0 Å². The molecule has 0 amide bonds. The summed E-state index contributed by atoms with van der Waals surface area (Å²) in [5.74, 6) is 4.93. The number of hydrogen-bond acceptors (Lipinski definition) is 1. The third-order valence-electron chi connectivity index (χ3n) is 1.38. The molecule has 11 heavy (non-hydrogen) atoms. The lowest BCUT2D eigenvalue weighted by Gasteiger charge is -1.97. The molecule has 0 saturated carbocycles. The molecule has 0 saturated heterocycles. The SMILES string of the molecule is C#Cc1ccc(N)c(C#C)c1. The largest absolute Gasteiger partial charge is 0.398 e. The van der Waals surface area contributed by atoms with E-state index in [9.17, 15) is 0 Å². The van der Waals surface area contributed by atoms with E-state index in [0.717, 1.165) is 5.56 Å². The van der Waals surface area contributed by atoms with E-state index in [1.54, 1.807) is 18.2 Å². The molecule has 1 aromatic carbocycles. The Morgan fingerprint density at radius 2 is 1.91 bits per heavy atom. The van der Waals surface area contributed by atoms with E-state index >= 15 is 0 Å². The summed E-state index contributed by atoms with van der Waals surface area (Å²) < 4.78 is 0. The van der Waals surface area contributed by atoms with Crippen LogP contribution < -0.4 is 5.73 Å². The number of rotatable bonds is 0. The summed E-state index contributed by atoms with van der Waals surface area (Å²) in [5, 5.41) is 0. The fourth-order valence-corrected chi connectivity index (χ4v) is 0.771. The summed E-state index contributed by atoms with van der Waals surface area (Å²) in [6.45, 7) is 0. The number of nitrogen functional groups attached to an aromatic ring is 1. The van der Waals surface area contributed by atoms with Crippen molar-refractivity contribution in [3.63, 3.8) is 0 Å². The van der Waals surface area contributed by atoms with Crippen LogP contribution in [0.4, 0.5) is 5.69 Å². The van der Waals surface area contributed by atoms with Crippen molar-refractivity contribution >= 4 is 5.69 Å². The minimum atomic E-state index is 0.589. The molecule has 0 spiro atoms. The van der Waals surface area contributed by atoms with Crippen LogP contribution in [0, 0.1) is 24.7 Å². The average molecular weight is 141 g/mol. The highest BCUT2D eigenvalue weighted by molar-refractivity contribution is 5.58. The second-order valence-corrected chi connectivity index (χ2v) is 2.09. The first-order chi connectivity index (χ1) is 5.27. The third-order valence-corrected chi connectivity index (χ3v) is 1.38. The van der Waals surface area contributed by atoms with Crippen molar-refractivity contribution in [3.8, 4) is 24.7 Å². The molecule has 0 bridgehead atoms. The quantitative estimate of drug-likeness (QED) is 0.427. The maximum Gasteiger partial charge on any atom is 0.0484 e. The summed E-state index contributed by atoms with van der Waals surface area (Å²) in [4.78, 5) is 0. The Morgan fingerprint density at radius 3 is 2.45 bits per heavy atom. The molecule has 0 atom stereocenters. The van der Waals surface area contributed by atoms with Crippen LogP contribution in [0.1, 0.15) is 11.1 Å². The van der Waals surface area contributed by atoms with E-state index < -0.39 is 0 Å². The number of benzene rings is 1. The Balaban J connectivity index is 3.29. The number of terminal acetylenes is 2.